The summed E-state index contributed by atoms with van der Waals surface area (Å²) in [4.78, 5) is 24.1. The van der Waals surface area contributed by atoms with Crippen LogP contribution < -0.4 is 4.90 Å². The van der Waals surface area contributed by atoms with Crippen LogP contribution in [0.25, 0.3) is 27.8 Å². The highest BCUT2D eigenvalue weighted by molar-refractivity contribution is 6.42. The highest BCUT2D eigenvalue weighted by Gasteiger charge is 2.29. The van der Waals surface area contributed by atoms with Crippen molar-refractivity contribution in [1.82, 2.24) is 14.5 Å². The van der Waals surface area contributed by atoms with Crippen molar-refractivity contribution < 1.29 is 9.53 Å². The first kappa shape index (κ1) is 22.3. The van der Waals surface area contributed by atoms with Gasteiger partial charge in [-0.15, -0.1) is 0 Å². The Bertz CT molecular complexity index is 1360. The molecule has 6 nitrogen and oxygen atoms in total. The lowest BCUT2D eigenvalue weighted by molar-refractivity contribution is -0.148. The van der Waals surface area contributed by atoms with Crippen LogP contribution in [0, 0.1) is 5.92 Å². The van der Waals surface area contributed by atoms with Gasteiger partial charge in [-0.1, -0.05) is 34.8 Å². The third kappa shape index (κ3) is 4.23. The molecule has 2 aromatic carbocycles. The quantitative estimate of drug-likeness (QED) is 0.305. The van der Waals surface area contributed by atoms with E-state index >= 15 is 0 Å². The van der Waals surface area contributed by atoms with Gasteiger partial charge in [0.1, 0.15) is 5.82 Å². The topological polar surface area (TPSA) is 60.2 Å². The maximum atomic E-state index is 12.2. The molecule has 0 aliphatic carbocycles. The molecule has 0 spiro atoms. The number of imidazole rings is 1. The lowest BCUT2D eigenvalue weighted by Gasteiger charge is -2.31. The van der Waals surface area contributed by atoms with Gasteiger partial charge in [-0.05, 0) is 62.2 Å². The number of esters is 1. The van der Waals surface area contributed by atoms with E-state index in [1.54, 1.807) is 6.07 Å². The van der Waals surface area contributed by atoms with E-state index in [2.05, 4.69) is 4.90 Å². The van der Waals surface area contributed by atoms with E-state index in [4.69, 9.17) is 49.5 Å². The molecule has 0 amide bonds. The second-order valence-electron chi connectivity index (χ2n) is 8.02. The molecule has 170 valence electrons. The van der Waals surface area contributed by atoms with Gasteiger partial charge in [0.25, 0.3) is 0 Å². The summed E-state index contributed by atoms with van der Waals surface area (Å²) in [5.41, 5.74) is 2.36. The molecule has 5 rings (SSSR count). The van der Waals surface area contributed by atoms with Crippen LogP contribution in [0.1, 0.15) is 19.8 Å². The van der Waals surface area contributed by atoms with Crippen molar-refractivity contribution in [2.45, 2.75) is 19.8 Å². The number of carbonyl (C=O) groups is 1. The number of carbonyl (C=O) groups excluding carboxylic acids is 1. The van der Waals surface area contributed by atoms with Gasteiger partial charge in [0, 0.05) is 23.5 Å². The summed E-state index contributed by atoms with van der Waals surface area (Å²) < 4.78 is 7.21. The zero-order valence-corrected chi connectivity index (χ0v) is 20.2. The van der Waals surface area contributed by atoms with Crippen LogP contribution >= 0.6 is 34.8 Å². The number of nitrogens with zero attached hydrogens (tertiary/aromatic N) is 4. The van der Waals surface area contributed by atoms with Gasteiger partial charge >= 0.3 is 5.97 Å². The molecule has 4 aromatic rings. The summed E-state index contributed by atoms with van der Waals surface area (Å²) >= 11 is 18.8. The molecule has 1 saturated heterocycles. The number of halogens is 3. The first-order valence-corrected chi connectivity index (χ1v) is 11.9. The van der Waals surface area contributed by atoms with Crippen molar-refractivity contribution in [1.29, 1.82) is 0 Å². The normalized spacial score (nSPS) is 14.8. The number of anilines is 1. The van der Waals surface area contributed by atoms with Crippen molar-refractivity contribution in [2.75, 3.05) is 24.6 Å². The fourth-order valence-electron chi connectivity index (χ4n) is 4.28. The fraction of sp³-hybridized carbons (Fsp3) is 0.292. The minimum atomic E-state index is -0.126. The Balaban J connectivity index is 1.59. The summed E-state index contributed by atoms with van der Waals surface area (Å²) in [6.45, 7) is 3.58. The van der Waals surface area contributed by atoms with Gasteiger partial charge in [0.15, 0.2) is 0 Å². The molecule has 2 aromatic heterocycles. The van der Waals surface area contributed by atoms with Crippen LogP contribution in [0.2, 0.25) is 15.1 Å². The lowest BCUT2D eigenvalue weighted by Crippen LogP contribution is -2.38. The van der Waals surface area contributed by atoms with E-state index in [0.717, 1.165) is 27.9 Å². The molecule has 3 heterocycles. The molecule has 0 atom stereocenters. The molecule has 9 heteroatoms. The van der Waals surface area contributed by atoms with Gasteiger partial charge in [0.2, 0.25) is 5.95 Å². The Labute approximate surface area is 206 Å². The summed E-state index contributed by atoms with van der Waals surface area (Å²) in [7, 11) is 0. The number of benzene rings is 2. The van der Waals surface area contributed by atoms with Crippen LogP contribution in [-0.4, -0.2) is 40.2 Å². The van der Waals surface area contributed by atoms with E-state index in [9.17, 15) is 4.79 Å². The van der Waals surface area contributed by atoms with E-state index in [1.807, 2.05) is 47.9 Å². The second-order valence-corrected chi connectivity index (χ2v) is 9.27. The number of ether oxygens (including phenoxy) is 1. The third-order valence-corrected chi connectivity index (χ3v) is 6.90. The molecular formula is C24H21Cl3N4O2. The molecule has 0 N–H and O–H groups in total. The van der Waals surface area contributed by atoms with Gasteiger partial charge in [-0.25, -0.2) is 9.97 Å². The molecular weight excluding hydrogens is 483 g/mol. The maximum absolute atomic E-state index is 12.2. The highest BCUT2D eigenvalue weighted by atomic mass is 35.5. The largest absolute Gasteiger partial charge is 0.466 e. The Morgan fingerprint density at radius 3 is 2.52 bits per heavy atom. The molecule has 0 bridgehead atoms. The predicted molar refractivity (Wildman–Crippen MR) is 133 cm³/mol. The Hall–Kier alpha value is -2.54. The fourth-order valence-corrected chi connectivity index (χ4v) is 4.78. The molecule has 33 heavy (non-hydrogen) atoms. The van der Waals surface area contributed by atoms with Crippen LogP contribution in [-0.2, 0) is 9.53 Å². The summed E-state index contributed by atoms with van der Waals surface area (Å²) in [5.74, 6) is 1.24. The van der Waals surface area contributed by atoms with Crippen LogP contribution in [0.3, 0.4) is 0 Å². The van der Waals surface area contributed by atoms with Crippen molar-refractivity contribution in [3.8, 4) is 5.82 Å². The molecule has 0 saturated carbocycles. The minimum absolute atomic E-state index is 0.0912. The van der Waals surface area contributed by atoms with Crippen LogP contribution in [0.15, 0.2) is 42.5 Å². The standard InChI is InChI=1S/C24H21Cl3N4O2/c1-2-33-23(32)14-7-9-30(10-8-14)24-29-20-12-17(26)18(27)13-21(20)31(24)22-6-3-15-11-16(25)4-5-19(15)28-22/h3-6,11-14H,2,7-10H2,1H3. The number of rotatable bonds is 4. The van der Waals surface area contributed by atoms with Crippen molar-refractivity contribution in [2.24, 2.45) is 5.92 Å². The van der Waals surface area contributed by atoms with Crippen molar-refractivity contribution in [3.05, 3.63) is 57.5 Å². The average Bonchev–Trinajstić information content (AvgIpc) is 3.17. The van der Waals surface area contributed by atoms with Gasteiger partial charge in [-0.2, -0.15) is 0 Å². The number of piperidine rings is 1. The first-order valence-electron chi connectivity index (χ1n) is 10.8. The Kier molecular flexibility index (Phi) is 6.08. The number of hydrogen-bond donors (Lipinski definition) is 0. The molecule has 0 radical (unpaired) electrons. The second kappa shape index (κ2) is 9.01. The summed E-state index contributed by atoms with van der Waals surface area (Å²) in [6.07, 6.45) is 1.40. The van der Waals surface area contributed by atoms with Crippen LogP contribution in [0.4, 0.5) is 5.95 Å². The predicted octanol–water partition coefficient (Wildman–Crippen LogP) is 6.31. The van der Waals surface area contributed by atoms with Gasteiger partial charge in [-0.3, -0.25) is 9.36 Å². The summed E-state index contributed by atoms with van der Waals surface area (Å²) in [6, 6.07) is 13.1. The SMILES string of the molecule is CCOC(=O)C1CCN(c2nc3cc(Cl)c(Cl)cc3n2-c2ccc3cc(Cl)ccc3n2)CC1. The van der Waals surface area contributed by atoms with Gasteiger partial charge < -0.3 is 9.64 Å². The molecule has 0 unspecified atom stereocenters. The van der Waals surface area contributed by atoms with Crippen LogP contribution in [0.5, 0.6) is 0 Å². The lowest BCUT2D eigenvalue weighted by atomic mass is 9.97. The van der Waals surface area contributed by atoms with Crippen molar-refractivity contribution in [3.63, 3.8) is 0 Å². The number of pyridine rings is 1. The monoisotopic (exact) mass is 502 g/mol. The first-order chi connectivity index (χ1) is 15.9. The minimum Gasteiger partial charge on any atom is -0.466 e. The maximum Gasteiger partial charge on any atom is 0.309 e. The summed E-state index contributed by atoms with van der Waals surface area (Å²) in [5, 5.41) is 2.51. The zero-order chi connectivity index (χ0) is 23.1. The number of hydrogen-bond acceptors (Lipinski definition) is 5. The van der Waals surface area contributed by atoms with E-state index in [1.165, 1.54) is 0 Å². The number of aromatic nitrogens is 3. The molecule has 1 fully saturated rings. The third-order valence-electron chi connectivity index (χ3n) is 5.94. The molecule has 1 aliphatic rings. The smallest absolute Gasteiger partial charge is 0.309 e. The van der Waals surface area contributed by atoms with Gasteiger partial charge in [0.05, 0.1) is 39.1 Å². The highest BCUT2D eigenvalue weighted by Crippen LogP contribution is 2.34. The Morgan fingerprint density at radius 2 is 1.76 bits per heavy atom. The van der Waals surface area contributed by atoms with E-state index < -0.39 is 0 Å². The van der Waals surface area contributed by atoms with E-state index in [-0.39, 0.29) is 11.9 Å². The average molecular weight is 504 g/mol. The van der Waals surface area contributed by atoms with Crippen molar-refractivity contribution >= 4 is 68.7 Å². The van der Waals surface area contributed by atoms with E-state index in [0.29, 0.717) is 53.4 Å². The molecule has 1 aliphatic heterocycles. The number of fused-ring (bicyclic) bond motifs is 2. The Morgan fingerprint density at radius 1 is 1.00 bits per heavy atom. The zero-order valence-electron chi connectivity index (χ0n) is 17.9.